The Labute approximate surface area is 113 Å². The minimum atomic E-state index is -0.516. The zero-order valence-corrected chi connectivity index (χ0v) is 11.4. The summed E-state index contributed by atoms with van der Waals surface area (Å²) in [5, 5.41) is 14.4. The van der Waals surface area contributed by atoms with Gasteiger partial charge in [-0.3, -0.25) is 4.68 Å². The third-order valence-electron chi connectivity index (χ3n) is 3.17. The molecule has 1 atom stereocenters. The Bertz CT molecular complexity index is 522. The van der Waals surface area contributed by atoms with Crippen LogP contribution in [0.5, 0.6) is 5.75 Å². The molecule has 4 nitrogen and oxygen atoms in total. The monoisotopic (exact) mass is 260 g/mol. The minimum absolute atomic E-state index is 0.516. The molecular weight excluding hydrogens is 240 g/mol. The summed E-state index contributed by atoms with van der Waals surface area (Å²) in [4.78, 5) is 0. The smallest absolute Gasteiger partial charge is 0.125 e. The van der Waals surface area contributed by atoms with Gasteiger partial charge in [-0.25, -0.2) is 0 Å². The van der Waals surface area contributed by atoms with Gasteiger partial charge in [0.15, 0.2) is 0 Å². The van der Waals surface area contributed by atoms with Gasteiger partial charge in [0.05, 0.1) is 12.7 Å². The van der Waals surface area contributed by atoms with Gasteiger partial charge >= 0.3 is 0 Å². The lowest BCUT2D eigenvalue weighted by atomic mass is 10.0. The number of nitrogens with zero attached hydrogens (tertiary/aromatic N) is 2. The predicted molar refractivity (Wildman–Crippen MR) is 74.1 cm³/mol. The molecule has 0 radical (unpaired) electrons. The molecule has 4 heteroatoms. The molecule has 0 aliphatic carbocycles. The van der Waals surface area contributed by atoms with Crippen LogP contribution in [0.25, 0.3) is 0 Å². The lowest BCUT2D eigenvalue weighted by molar-refractivity contribution is 0.161. The summed E-state index contributed by atoms with van der Waals surface area (Å²) in [6.07, 6.45) is 2.70. The van der Waals surface area contributed by atoms with E-state index in [2.05, 4.69) is 5.10 Å². The number of aliphatic hydroxyl groups excluding tert-OH is 1. The molecule has 0 bridgehead atoms. The second-order valence-corrected chi connectivity index (χ2v) is 4.47. The fourth-order valence-electron chi connectivity index (χ4n) is 2.13. The summed E-state index contributed by atoms with van der Waals surface area (Å²) in [7, 11) is 1.91. The van der Waals surface area contributed by atoms with Crippen LogP contribution in [-0.2, 0) is 13.5 Å². The van der Waals surface area contributed by atoms with Crippen molar-refractivity contribution in [2.45, 2.75) is 25.9 Å². The van der Waals surface area contributed by atoms with Crippen LogP contribution in [-0.4, -0.2) is 21.5 Å². The molecule has 2 aromatic rings. The number of ether oxygens (including phenoxy) is 1. The first-order valence-corrected chi connectivity index (χ1v) is 6.59. The van der Waals surface area contributed by atoms with Gasteiger partial charge in [0.2, 0.25) is 0 Å². The second kappa shape index (κ2) is 6.38. The Morgan fingerprint density at radius 3 is 2.79 bits per heavy atom. The normalized spacial score (nSPS) is 12.4. The van der Waals surface area contributed by atoms with Gasteiger partial charge in [-0.15, -0.1) is 0 Å². The Morgan fingerprint density at radius 2 is 2.11 bits per heavy atom. The molecule has 2 rings (SSSR count). The van der Waals surface area contributed by atoms with Crippen molar-refractivity contribution < 1.29 is 9.84 Å². The molecule has 0 spiro atoms. The maximum atomic E-state index is 10.3. The SMILES string of the molecule is CCOc1ccccc1C(O)CCc1ccnn1C. The van der Waals surface area contributed by atoms with Crippen LogP contribution in [0, 0.1) is 0 Å². The van der Waals surface area contributed by atoms with E-state index < -0.39 is 6.10 Å². The van der Waals surface area contributed by atoms with Gasteiger partial charge in [-0.1, -0.05) is 18.2 Å². The summed E-state index contributed by atoms with van der Waals surface area (Å²) in [5.41, 5.74) is 1.97. The van der Waals surface area contributed by atoms with Crippen LogP contribution in [0.1, 0.15) is 30.7 Å². The van der Waals surface area contributed by atoms with Crippen LogP contribution >= 0.6 is 0 Å². The van der Waals surface area contributed by atoms with Gasteiger partial charge in [0.1, 0.15) is 5.75 Å². The highest BCUT2D eigenvalue weighted by atomic mass is 16.5. The summed E-state index contributed by atoms with van der Waals surface area (Å²) in [5.74, 6) is 0.766. The predicted octanol–water partition coefficient (Wildman–Crippen LogP) is 2.49. The lowest BCUT2D eigenvalue weighted by Crippen LogP contribution is -2.05. The third kappa shape index (κ3) is 3.35. The van der Waals surface area contributed by atoms with Crippen molar-refractivity contribution in [3.63, 3.8) is 0 Å². The van der Waals surface area contributed by atoms with E-state index in [0.29, 0.717) is 13.0 Å². The van der Waals surface area contributed by atoms with E-state index in [4.69, 9.17) is 4.74 Å². The molecule has 19 heavy (non-hydrogen) atoms. The summed E-state index contributed by atoms with van der Waals surface area (Å²) in [6.45, 7) is 2.55. The summed E-state index contributed by atoms with van der Waals surface area (Å²) in [6, 6.07) is 9.62. The first kappa shape index (κ1) is 13.6. The molecule has 0 saturated heterocycles. The van der Waals surface area contributed by atoms with Crippen LogP contribution < -0.4 is 4.74 Å². The number of rotatable bonds is 6. The molecule has 1 unspecified atom stereocenters. The van der Waals surface area contributed by atoms with Gasteiger partial charge in [-0.05, 0) is 31.9 Å². The van der Waals surface area contributed by atoms with E-state index in [9.17, 15) is 5.11 Å². The fraction of sp³-hybridized carbons (Fsp3) is 0.400. The highest BCUT2D eigenvalue weighted by molar-refractivity contribution is 5.35. The highest BCUT2D eigenvalue weighted by Gasteiger charge is 2.13. The molecule has 0 fully saturated rings. The molecule has 1 N–H and O–H groups in total. The number of benzene rings is 1. The molecule has 0 amide bonds. The Hall–Kier alpha value is -1.81. The van der Waals surface area contributed by atoms with E-state index >= 15 is 0 Å². The number of hydrogen-bond acceptors (Lipinski definition) is 3. The zero-order chi connectivity index (χ0) is 13.7. The lowest BCUT2D eigenvalue weighted by Gasteiger charge is -2.15. The summed E-state index contributed by atoms with van der Waals surface area (Å²) >= 11 is 0. The summed E-state index contributed by atoms with van der Waals surface area (Å²) < 4.78 is 7.38. The number of aliphatic hydroxyl groups is 1. The molecule has 1 aromatic heterocycles. The van der Waals surface area contributed by atoms with E-state index in [1.807, 2.05) is 49.0 Å². The van der Waals surface area contributed by atoms with Gasteiger partial charge in [0, 0.05) is 24.5 Å². The van der Waals surface area contributed by atoms with Crippen molar-refractivity contribution >= 4 is 0 Å². The first-order valence-electron chi connectivity index (χ1n) is 6.59. The molecule has 0 saturated carbocycles. The van der Waals surface area contributed by atoms with Crippen molar-refractivity contribution in [3.8, 4) is 5.75 Å². The number of aryl methyl sites for hydroxylation is 2. The fourth-order valence-corrected chi connectivity index (χ4v) is 2.13. The largest absolute Gasteiger partial charge is 0.493 e. The first-order chi connectivity index (χ1) is 9.22. The quantitative estimate of drug-likeness (QED) is 0.868. The average Bonchev–Trinajstić information content (AvgIpc) is 2.82. The van der Waals surface area contributed by atoms with E-state index in [1.165, 1.54) is 0 Å². The Balaban J connectivity index is 2.03. The number of hydrogen-bond donors (Lipinski definition) is 1. The Kier molecular flexibility index (Phi) is 4.58. The standard InChI is InChI=1S/C15H20N2O2/c1-3-19-15-7-5-4-6-13(15)14(18)9-8-12-10-11-16-17(12)2/h4-7,10-11,14,18H,3,8-9H2,1-2H3. The van der Waals surface area contributed by atoms with Crippen molar-refractivity contribution in [1.29, 1.82) is 0 Å². The molecular formula is C15H20N2O2. The molecule has 0 aliphatic rings. The van der Waals surface area contributed by atoms with E-state index in [0.717, 1.165) is 23.4 Å². The minimum Gasteiger partial charge on any atom is -0.493 e. The van der Waals surface area contributed by atoms with Crippen molar-refractivity contribution in [1.82, 2.24) is 9.78 Å². The Morgan fingerprint density at radius 1 is 1.32 bits per heavy atom. The molecule has 0 aliphatic heterocycles. The highest BCUT2D eigenvalue weighted by Crippen LogP contribution is 2.28. The molecule has 102 valence electrons. The van der Waals surface area contributed by atoms with Crippen molar-refractivity contribution in [2.75, 3.05) is 6.61 Å². The van der Waals surface area contributed by atoms with Crippen LogP contribution in [0.4, 0.5) is 0 Å². The van der Waals surface area contributed by atoms with Gasteiger partial charge in [0.25, 0.3) is 0 Å². The third-order valence-corrected chi connectivity index (χ3v) is 3.17. The van der Waals surface area contributed by atoms with Crippen LogP contribution in [0.3, 0.4) is 0 Å². The topological polar surface area (TPSA) is 47.3 Å². The second-order valence-electron chi connectivity index (χ2n) is 4.47. The maximum absolute atomic E-state index is 10.3. The molecule has 1 heterocycles. The van der Waals surface area contributed by atoms with Crippen molar-refractivity contribution in [2.24, 2.45) is 7.05 Å². The van der Waals surface area contributed by atoms with Gasteiger partial charge in [-0.2, -0.15) is 5.10 Å². The number of aromatic nitrogens is 2. The number of para-hydroxylation sites is 1. The van der Waals surface area contributed by atoms with E-state index in [1.54, 1.807) is 6.20 Å². The van der Waals surface area contributed by atoms with Crippen LogP contribution in [0.15, 0.2) is 36.5 Å². The van der Waals surface area contributed by atoms with Gasteiger partial charge < -0.3 is 9.84 Å². The van der Waals surface area contributed by atoms with E-state index in [-0.39, 0.29) is 0 Å². The molecule has 1 aromatic carbocycles. The maximum Gasteiger partial charge on any atom is 0.125 e. The zero-order valence-electron chi connectivity index (χ0n) is 11.4. The van der Waals surface area contributed by atoms with Crippen molar-refractivity contribution in [3.05, 3.63) is 47.8 Å². The van der Waals surface area contributed by atoms with Crippen LogP contribution in [0.2, 0.25) is 0 Å². The average molecular weight is 260 g/mol.